The lowest BCUT2D eigenvalue weighted by molar-refractivity contribution is 0.103. The highest BCUT2D eigenvalue weighted by Gasteiger charge is 2.12. The molecule has 0 saturated heterocycles. The van der Waals surface area contributed by atoms with Crippen LogP contribution in [0.5, 0.6) is 0 Å². The second-order valence-corrected chi connectivity index (χ2v) is 8.71. The van der Waals surface area contributed by atoms with E-state index in [0.29, 0.717) is 30.0 Å². The molecule has 34 heavy (non-hydrogen) atoms. The topological polar surface area (TPSA) is 63.5 Å². The number of aromatic nitrogens is 1. The van der Waals surface area contributed by atoms with Crippen molar-refractivity contribution >= 4 is 22.9 Å². The maximum Gasteiger partial charge on any atom is 0.266 e. The summed E-state index contributed by atoms with van der Waals surface area (Å²) in [6.07, 6.45) is 1.40. The molecule has 0 spiro atoms. The van der Waals surface area contributed by atoms with E-state index < -0.39 is 5.91 Å². The number of amides is 1. The molecule has 0 bridgehead atoms. The number of halogens is 1. The molecule has 0 aliphatic rings. The van der Waals surface area contributed by atoms with E-state index in [1.807, 2.05) is 60.7 Å². The minimum absolute atomic E-state index is 0.253. The van der Waals surface area contributed by atoms with Gasteiger partial charge in [0.05, 0.1) is 0 Å². The molecule has 1 heterocycles. The maximum absolute atomic E-state index is 13.2. The van der Waals surface area contributed by atoms with Crippen LogP contribution in [0.25, 0.3) is 0 Å². The monoisotopic (exact) mass is 473 g/mol. The molecule has 0 saturated carbocycles. The van der Waals surface area contributed by atoms with Gasteiger partial charge in [-0.05, 0) is 48.2 Å². The number of hydrogen-bond acceptors (Lipinski definition) is 4. The molecule has 1 aromatic heterocycles. The summed E-state index contributed by atoms with van der Waals surface area (Å²) < 4.78 is 14.8. The van der Waals surface area contributed by atoms with Gasteiger partial charge in [0.2, 0.25) is 0 Å². The van der Waals surface area contributed by atoms with E-state index in [9.17, 15) is 14.0 Å². The number of rotatable bonds is 8. The summed E-state index contributed by atoms with van der Waals surface area (Å²) in [5.74, 6) is -0.815. The fourth-order valence-electron chi connectivity index (χ4n) is 3.44. The van der Waals surface area contributed by atoms with Gasteiger partial charge >= 0.3 is 0 Å². The van der Waals surface area contributed by atoms with Crippen molar-refractivity contribution in [2.75, 3.05) is 11.9 Å². The Morgan fingerprint density at radius 3 is 2.15 bits per heavy atom. The molecule has 0 unspecified atom stereocenters. The number of aryl methyl sites for hydroxylation is 1. The van der Waals surface area contributed by atoms with Gasteiger partial charge in [0, 0.05) is 24.8 Å². The SMILES string of the molecule is O=C(Nc1ccc(F)cc1)c1cc(=O)n(CCc2ccccc2)c(=NCCc2ccccc2)s1. The van der Waals surface area contributed by atoms with Crippen molar-refractivity contribution in [3.63, 3.8) is 0 Å². The predicted octanol–water partition coefficient (Wildman–Crippen LogP) is 4.69. The number of nitrogens with zero attached hydrogens (tertiary/aromatic N) is 2. The van der Waals surface area contributed by atoms with Crippen molar-refractivity contribution in [2.24, 2.45) is 4.99 Å². The molecule has 0 fully saturated rings. The number of hydrogen-bond donors (Lipinski definition) is 1. The molecule has 3 aromatic carbocycles. The minimum atomic E-state index is -0.427. The number of carbonyl (C=O) groups is 1. The highest BCUT2D eigenvalue weighted by Crippen LogP contribution is 2.11. The van der Waals surface area contributed by atoms with E-state index in [-0.39, 0.29) is 16.3 Å². The molecule has 4 aromatic rings. The number of benzene rings is 3. The van der Waals surface area contributed by atoms with Crippen LogP contribution >= 0.6 is 11.3 Å². The van der Waals surface area contributed by atoms with Crippen molar-refractivity contribution < 1.29 is 9.18 Å². The first-order chi connectivity index (χ1) is 16.6. The van der Waals surface area contributed by atoms with Crippen LogP contribution in [0, 0.1) is 5.82 Å². The van der Waals surface area contributed by atoms with E-state index in [1.165, 1.54) is 41.7 Å². The van der Waals surface area contributed by atoms with E-state index >= 15 is 0 Å². The number of carbonyl (C=O) groups excluding carboxylic acids is 1. The Morgan fingerprint density at radius 2 is 1.50 bits per heavy atom. The van der Waals surface area contributed by atoms with Gasteiger partial charge in [-0.1, -0.05) is 72.0 Å². The van der Waals surface area contributed by atoms with Crippen LogP contribution in [0.15, 0.2) is 101 Å². The Kier molecular flexibility index (Phi) is 7.78. The van der Waals surface area contributed by atoms with Crippen LogP contribution in [-0.4, -0.2) is 17.0 Å². The van der Waals surface area contributed by atoms with Crippen LogP contribution < -0.4 is 15.7 Å². The Hall–Kier alpha value is -3.84. The number of nitrogens with one attached hydrogen (secondary N) is 1. The van der Waals surface area contributed by atoms with Gasteiger partial charge < -0.3 is 5.32 Å². The van der Waals surface area contributed by atoms with Crippen molar-refractivity contribution in [2.45, 2.75) is 19.4 Å². The first kappa shape index (κ1) is 23.3. The largest absolute Gasteiger partial charge is 0.321 e. The Bertz CT molecular complexity index is 1370. The summed E-state index contributed by atoms with van der Waals surface area (Å²) in [7, 11) is 0. The molecule has 0 radical (unpaired) electrons. The third-order valence-electron chi connectivity index (χ3n) is 5.24. The van der Waals surface area contributed by atoms with Crippen LogP contribution in [0.2, 0.25) is 0 Å². The van der Waals surface area contributed by atoms with Crippen LogP contribution in [0.3, 0.4) is 0 Å². The molecular weight excluding hydrogens is 449 g/mol. The van der Waals surface area contributed by atoms with Gasteiger partial charge in [-0.25, -0.2) is 4.39 Å². The standard InChI is InChI=1S/C27H24FN3O2S/c28-22-11-13-23(14-12-22)30-26(33)24-19-25(32)31(18-16-21-9-5-2-6-10-21)27(34-24)29-17-15-20-7-3-1-4-8-20/h1-14,19H,15-18H2,(H,30,33). The van der Waals surface area contributed by atoms with Gasteiger partial charge in [0.1, 0.15) is 10.7 Å². The van der Waals surface area contributed by atoms with Crippen molar-refractivity contribution in [3.05, 3.63) is 128 Å². The van der Waals surface area contributed by atoms with Gasteiger partial charge in [0.15, 0.2) is 4.80 Å². The van der Waals surface area contributed by atoms with Gasteiger partial charge in [-0.2, -0.15) is 0 Å². The summed E-state index contributed by atoms with van der Waals surface area (Å²) in [6.45, 7) is 0.956. The van der Waals surface area contributed by atoms with Crippen LogP contribution in [-0.2, 0) is 19.4 Å². The highest BCUT2D eigenvalue weighted by molar-refractivity contribution is 7.11. The molecule has 0 aliphatic heterocycles. The molecule has 5 nitrogen and oxygen atoms in total. The second-order valence-electron chi connectivity index (χ2n) is 7.70. The normalized spacial score (nSPS) is 11.4. The zero-order chi connectivity index (χ0) is 23.8. The van der Waals surface area contributed by atoms with Crippen LogP contribution in [0.4, 0.5) is 10.1 Å². The first-order valence-corrected chi connectivity index (χ1v) is 11.8. The Morgan fingerprint density at radius 1 is 0.882 bits per heavy atom. The van der Waals surface area contributed by atoms with Gasteiger partial charge in [-0.3, -0.25) is 19.1 Å². The highest BCUT2D eigenvalue weighted by atomic mass is 32.1. The van der Waals surface area contributed by atoms with Crippen molar-refractivity contribution in [1.29, 1.82) is 0 Å². The summed E-state index contributed by atoms with van der Waals surface area (Å²) in [6, 6.07) is 26.8. The quantitative estimate of drug-likeness (QED) is 0.404. The first-order valence-electron chi connectivity index (χ1n) is 11.0. The lowest BCUT2D eigenvalue weighted by Gasteiger charge is -2.09. The van der Waals surface area contributed by atoms with Crippen molar-refractivity contribution in [1.82, 2.24) is 4.57 Å². The maximum atomic E-state index is 13.2. The molecule has 1 amide bonds. The molecule has 1 N–H and O–H groups in total. The van der Waals surface area contributed by atoms with E-state index in [1.54, 1.807) is 4.57 Å². The number of anilines is 1. The van der Waals surface area contributed by atoms with E-state index in [0.717, 1.165) is 17.5 Å². The zero-order valence-electron chi connectivity index (χ0n) is 18.5. The smallest absolute Gasteiger partial charge is 0.266 e. The summed E-state index contributed by atoms with van der Waals surface area (Å²) in [5.41, 5.74) is 2.44. The summed E-state index contributed by atoms with van der Waals surface area (Å²) in [5, 5.41) is 2.71. The van der Waals surface area contributed by atoms with E-state index in [2.05, 4.69) is 10.3 Å². The lowest BCUT2D eigenvalue weighted by atomic mass is 10.1. The third kappa shape index (κ3) is 6.36. The van der Waals surface area contributed by atoms with E-state index in [4.69, 9.17) is 0 Å². The van der Waals surface area contributed by atoms with Crippen molar-refractivity contribution in [3.8, 4) is 0 Å². The predicted molar refractivity (Wildman–Crippen MR) is 134 cm³/mol. The molecule has 0 atom stereocenters. The average Bonchev–Trinajstić information content (AvgIpc) is 2.86. The lowest BCUT2D eigenvalue weighted by Crippen LogP contribution is -2.34. The average molecular weight is 474 g/mol. The molecule has 4 rings (SSSR count). The molecule has 7 heteroatoms. The Labute approximate surface area is 200 Å². The fourth-order valence-corrected chi connectivity index (χ4v) is 4.39. The Balaban J connectivity index is 1.61. The van der Waals surface area contributed by atoms with Gasteiger partial charge in [0.25, 0.3) is 11.5 Å². The zero-order valence-corrected chi connectivity index (χ0v) is 19.3. The third-order valence-corrected chi connectivity index (χ3v) is 6.29. The molecule has 172 valence electrons. The molecule has 0 aliphatic carbocycles. The molecular formula is C27H24FN3O2S. The summed E-state index contributed by atoms with van der Waals surface area (Å²) >= 11 is 1.17. The summed E-state index contributed by atoms with van der Waals surface area (Å²) in [4.78, 5) is 31.2. The minimum Gasteiger partial charge on any atom is -0.321 e. The second kappa shape index (κ2) is 11.3. The fraction of sp³-hybridized carbons (Fsp3) is 0.148. The van der Waals surface area contributed by atoms with Gasteiger partial charge in [-0.15, -0.1) is 0 Å². The van der Waals surface area contributed by atoms with Crippen LogP contribution in [0.1, 0.15) is 20.8 Å².